The largest absolute Gasteiger partial charge is 0.507 e. The Balaban J connectivity index is 1.78. The van der Waals surface area contributed by atoms with E-state index in [1.54, 1.807) is 12.1 Å². The van der Waals surface area contributed by atoms with Crippen molar-refractivity contribution in [3.8, 4) is 28.7 Å². The fourth-order valence-electron chi connectivity index (χ4n) is 4.74. The smallest absolute Gasteiger partial charge is 0.143 e. The van der Waals surface area contributed by atoms with E-state index in [-0.39, 0.29) is 17.2 Å². The zero-order valence-electron chi connectivity index (χ0n) is 17.0. The number of rotatable bonds is 1. The van der Waals surface area contributed by atoms with Crippen molar-refractivity contribution in [2.75, 3.05) is 0 Å². The zero-order chi connectivity index (χ0) is 22.9. The molecule has 5 aromatic carbocycles. The summed E-state index contributed by atoms with van der Waals surface area (Å²) in [6.45, 7) is 0. The first kappa shape index (κ1) is 20.9. The van der Waals surface area contributed by atoms with Gasteiger partial charge in [-0.2, -0.15) is 0 Å². The minimum absolute atomic E-state index is 0.102. The molecule has 0 amide bonds. The van der Waals surface area contributed by atoms with Gasteiger partial charge in [0.1, 0.15) is 28.7 Å². The first-order valence-electron chi connectivity index (χ1n) is 10.3. The Kier molecular flexibility index (Phi) is 4.84. The monoisotopic (exact) mass is 658 g/mol. The second-order valence-corrected chi connectivity index (χ2v) is 10.4. The van der Waals surface area contributed by atoms with Crippen molar-refractivity contribution >= 4 is 66.7 Å². The molecule has 0 atom stereocenters. The summed E-state index contributed by atoms with van der Waals surface area (Å²) >= 11 is 4.21. The lowest BCUT2D eigenvalue weighted by molar-refractivity contribution is 0.416. The van der Waals surface area contributed by atoms with Crippen molar-refractivity contribution in [1.82, 2.24) is 0 Å². The van der Waals surface area contributed by atoms with Crippen LogP contribution in [0.3, 0.4) is 0 Å². The van der Waals surface area contributed by atoms with Crippen LogP contribution in [0.2, 0.25) is 0 Å². The molecule has 1 aliphatic rings. The van der Waals surface area contributed by atoms with E-state index < -0.39 is 5.92 Å². The molecule has 6 rings (SSSR count). The molecule has 0 saturated carbocycles. The summed E-state index contributed by atoms with van der Waals surface area (Å²) in [6, 6.07) is 22.8. The molecular formula is C27H16I2O4. The Labute approximate surface area is 216 Å². The summed E-state index contributed by atoms with van der Waals surface area (Å²) in [5.74, 6) is 1.10. The van der Waals surface area contributed by atoms with Crippen LogP contribution < -0.4 is 4.74 Å². The quantitative estimate of drug-likeness (QED) is 0.159. The molecule has 1 heterocycles. The fourth-order valence-corrected chi connectivity index (χ4v) is 6.56. The first-order chi connectivity index (χ1) is 15.9. The third-order valence-electron chi connectivity index (χ3n) is 6.19. The van der Waals surface area contributed by atoms with Crippen LogP contribution in [0.1, 0.15) is 22.6 Å². The van der Waals surface area contributed by atoms with Gasteiger partial charge < -0.3 is 20.1 Å². The lowest BCUT2D eigenvalue weighted by Crippen LogP contribution is -2.13. The maximum Gasteiger partial charge on any atom is 0.143 e. The van der Waals surface area contributed by atoms with Crippen LogP contribution in [-0.2, 0) is 0 Å². The molecule has 6 heteroatoms. The number of hydrogen-bond acceptors (Lipinski definition) is 4. The van der Waals surface area contributed by atoms with E-state index in [4.69, 9.17) is 4.74 Å². The van der Waals surface area contributed by atoms with Crippen molar-refractivity contribution in [3.63, 3.8) is 0 Å². The van der Waals surface area contributed by atoms with Gasteiger partial charge in [0.2, 0.25) is 0 Å². The summed E-state index contributed by atoms with van der Waals surface area (Å²) in [5.41, 5.74) is 2.05. The van der Waals surface area contributed by atoms with Crippen LogP contribution in [-0.4, -0.2) is 15.3 Å². The van der Waals surface area contributed by atoms with Gasteiger partial charge in [0.25, 0.3) is 0 Å². The van der Waals surface area contributed by atoms with E-state index in [1.165, 1.54) is 0 Å². The minimum Gasteiger partial charge on any atom is -0.507 e. The molecule has 162 valence electrons. The molecule has 0 aromatic heterocycles. The average Bonchev–Trinajstić information content (AvgIpc) is 2.81. The number of phenols is 3. The maximum atomic E-state index is 11.2. The van der Waals surface area contributed by atoms with Crippen molar-refractivity contribution in [1.29, 1.82) is 0 Å². The molecule has 0 unspecified atom stereocenters. The third kappa shape index (κ3) is 3.14. The third-order valence-corrected chi connectivity index (χ3v) is 7.84. The van der Waals surface area contributed by atoms with E-state index in [1.807, 2.05) is 60.7 Å². The molecule has 33 heavy (non-hydrogen) atoms. The Morgan fingerprint density at radius 1 is 0.636 bits per heavy atom. The number of halogens is 2. The minimum atomic E-state index is -0.486. The Bertz CT molecular complexity index is 1500. The number of aromatic hydroxyl groups is 3. The number of ether oxygens (including phenoxy) is 1. The summed E-state index contributed by atoms with van der Waals surface area (Å²) < 4.78 is 7.93. The standard InChI is InChI=1S/C27H16I2O4/c28-18-9-15(10-19(29)25(18)32)22-23-20(30)11-13-5-1-3-7-16(13)26(23)33-27-17-8-4-2-6-14(17)12-21(31)24(22)27/h1-12,22,30-32H. The highest BCUT2D eigenvalue weighted by atomic mass is 127. The van der Waals surface area contributed by atoms with Crippen molar-refractivity contribution in [2.45, 2.75) is 5.92 Å². The maximum absolute atomic E-state index is 11.2. The van der Waals surface area contributed by atoms with Crippen molar-refractivity contribution in [2.24, 2.45) is 0 Å². The Morgan fingerprint density at radius 3 is 1.58 bits per heavy atom. The van der Waals surface area contributed by atoms with Crippen molar-refractivity contribution < 1.29 is 20.1 Å². The highest BCUT2D eigenvalue weighted by Crippen LogP contribution is 2.57. The average molecular weight is 658 g/mol. The highest BCUT2D eigenvalue weighted by molar-refractivity contribution is 14.1. The van der Waals surface area contributed by atoms with Gasteiger partial charge in [0, 0.05) is 27.8 Å². The molecule has 0 radical (unpaired) electrons. The van der Waals surface area contributed by atoms with E-state index in [0.717, 1.165) is 27.1 Å². The van der Waals surface area contributed by atoms with Crippen LogP contribution in [0.25, 0.3) is 21.5 Å². The molecule has 0 spiro atoms. The van der Waals surface area contributed by atoms with Gasteiger partial charge in [0.15, 0.2) is 0 Å². The molecule has 5 aromatic rings. The van der Waals surface area contributed by atoms with Crippen LogP contribution in [0, 0.1) is 7.14 Å². The summed E-state index contributed by atoms with van der Waals surface area (Å²) in [7, 11) is 0. The molecule has 0 saturated heterocycles. The number of fused-ring (bicyclic) bond motifs is 6. The SMILES string of the molecule is Oc1cc2ccccc2c2c1C(c1cc(I)c(O)c(I)c1)c1c(O)cc3ccccc3c1O2. The van der Waals surface area contributed by atoms with Crippen molar-refractivity contribution in [3.05, 3.63) is 96.6 Å². The van der Waals surface area contributed by atoms with Gasteiger partial charge in [-0.25, -0.2) is 0 Å². The molecule has 0 aliphatic carbocycles. The van der Waals surface area contributed by atoms with Crippen LogP contribution in [0.15, 0.2) is 72.8 Å². The van der Waals surface area contributed by atoms with Crippen LogP contribution in [0.4, 0.5) is 0 Å². The summed E-state index contributed by atoms with van der Waals surface area (Å²) in [5, 5.41) is 36.3. The van der Waals surface area contributed by atoms with Crippen LogP contribution in [0.5, 0.6) is 28.7 Å². The van der Waals surface area contributed by atoms with Gasteiger partial charge in [0.05, 0.1) is 7.14 Å². The second kappa shape index (κ2) is 7.66. The second-order valence-electron chi connectivity index (χ2n) is 8.09. The molecule has 3 N–H and O–H groups in total. The summed E-state index contributed by atoms with van der Waals surface area (Å²) in [6.07, 6.45) is 0. The van der Waals surface area contributed by atoms with Gasteiger partial charge in [-0.15, -0.1) is 0 Å². The van der Waals surface area contributed by atoms with Gasteiger partial charge >= 0.3 is 0 Å². The fraction of sp³-hybridized carbons (Fsp3) is 0.0370. The van der Waals surface area contributed by atoms with Gasteiger partial charge in [-0.1, -0.05) is 48.5 Å². The predicted octanol–water partition coefficient (Wildman–Crippen LogP) is 7.60. The van der Waals surface area contributed by atoms with Gasteiger partial charge in [-0.3, -0.25) is 0 Å². The lowest BCUT2D eigenvalue weighted by Gasteiger charge is -2.32. The topological polar surface area (TPSA) is 69.9 Å². The lowest BCUT2D eigenvalue weighted by atomic mass is 9.79. The molecule has 0 bridgehead atoms. The van der Waals surface area contributed by atoms with E-state index >= 15 is 0 Å². The number of hydrogen-bond donors (Lipinski definition) is 3. The van der Waals surface area contributed by atoms with E-state index in [0.29, 0.717) is 29.8 Å². The number of phenolic OH excluding ortho intramolecular Hbond substituents is 3. The molecule has 1 aliphatic heterocycles. The first-order valence-corrected chi connectivity index (χ1v) is 12.4. The normalized spacial score (nSPS) is 13.0. The molecule has 4 nitrogen and oxygen atoms in total. The number of benzene rings is 5. The van der Waals surface area contributed by atoms with E-state index in [2.05, 4.69) is 45.2 Å². The highest BCUT2D eigenvalue weighted by Gasteiger charge is 2.36. The molecular weight excluding hydrogens is 642 g/mol. The predicted molar refractivity (Wildman–Crippen MR) is 146 cm³/mol. The van der Waals surface area contributed by atoms with E-state index in [9.17, 15) is 15.3 Å². The van der Waals surface area contributed by atoms with Gasteiger partial charge in [-0.05, 0) is 85.8 Å². The molecule has 0 fully saturated rings. The summed E-state index contributed by atoms with van der Waals surface area (Å²) in [4.78, 5) is 0. The Hall–Kier alpha value is -2.72. The Morgan fingerprint density at radius 2 is 1.09 bits per heavy atom. The zero-order valence-corrected chi connectivity index (χ0v) is 21.3. The van der Waals surface area contributed by atoms with Crippen LogP contribution >= 0.6 is 45.2 Å².